The molecule has 3 unspecified atom stereocenters. The fourth-order valence-electron chi connectivity index (χ4n) is 6.98. The molecule has 15 nitrogen and oxygen atoms in total. The van der Waals surface area contributed by atoms with Crippen LogP contribution in [0.15, 0.2) is 60.7 Å². The highest BCUT2D eigenvalue weighted by atomic mass is 16.6. The monoisotopic (exact) mass is 804 g/mol. The maximum absolute atomic E-state index is 14.5. The zero-order valence-electron chi connectivity index (χ0n) is 34.8. The standard InChI is InChI=1S/C41H54N6O9.C2H6/c1-6-16-30(35(50)37(52)42-23-32(49)44-33(26(2)48)28-19-12-8-13-20-28)43-36(51)31-25-46(24-27-17-10-7-11-18-27)40(55)47(31)38(53)34(29-21-14-9-15-22-29)45-39(54)56-41(3,4)5;1-2/h7-8,10-13,17-20,29-31,33-34H,6,9,14-16,21-25H2,1-5H3,(H,42,52)(H,43,51)(H,44,49)(H,45,54);1-2H3/t30?,31?,33-,34?;/m1./s1. The summed E-state index contributed by atoms with van der Waals surface area (Å²) in [5.41, 5.74) is 0.439. The van der Waals surface area contributed by atoms with E-state index in [1.54, 1.807) is 82.3 Å². The van der Waals surface area contributed by atoms with Gasteiger partial charge in [0, 0.05) is 6.54 Å². The molecule has 1 saturated carbocycles. The number of carbonyl (C=O) groups excluding carboxylic acids is 8. The first-order valence-corrected chi connectivity index (χ1v) is 20.2. The number of urea groups is 1. The van der Waals surface area contributed by atoms with E-state index in [0.29, 0.717) is 24.8 Å². The summed E-state index contributed by atoms with van der Waals surface area (Å²) < 4.78 is 5.47. The average Bonchev–Trinajstić information content (AvgIpc) is 3.53. The Balaban J connectivity index is 0.00000443. The van der Waals surface area contributed by atoms with E-state index in [2.05, 4.69) is 21.3 Å². The van der Waals surface area contributed by atoms with Crippen LogP contribution in [-0.2, 0) is 40.0 Å². The second-order valence-electron chi connectivity index (χ2n) is 15.3. The summed E-state index contributed by atoms with van der Waals surface area (Å²) in [5, 5.41) is 10.1. The average molecular weight is 805 g/mol. The lowest BCUT2D eigenvalue weighted by atomic mass is 9.83. The summed E-state index contributed by atoms with van der Waals surface area (Å²) in [6.45, 7) is 11.4. The highest BCUT2D eigenvalue weighted by Gasteiger charge is 2.49. The van der Waals surface area contributed by atoms with Gasteiger partial charge >= 0.3 is 12.1 Å². The zero-order chi connectivity index (χ0) is 43.0. The third-order valence-electron chi connectivity index (χ3n) is 9.69. The maximum atomic E-state index is 14.5. The van der Waals surface area contributed by atoms with Gasteiger partial charge in [0.15, 0.2) is 5.78 Å². The molecule has 1 heterocycles. The van der Waals surface area contributed by atoms with Crippen molar-refractivity contribution < 1.29 is 43.1 Å². The van der Waals surface area contributed by atoms with Crippen LogP contribution >= 0.6 is 0 Å². The zero-order valence-corrected chi connectivity index (χ0v) is 34.8. The van der Waals surface area contributed by atoms with Gasteiger partial charge in [0.1, 0.15) is 23.7 Å². The molecule has 2 aromatic carbocycles. The predicted molar refractivity (Wildman–Crippen MR) is 217 cm³/mol. The number of Topliss-reactive ketones (excluding diaryl/α,β-unsaturated/α-hetero) is 2. The summed E-state index contributed by atoms with van der Waals surface area (Å²) in [6.07, 6.45) is 3.39. The van der Waals surface area contributed by atoms with Gasteiger partial charge in [0.2, 0.25) is 17.6 Å². The second-order valence-corrected chi connectivity index (χ2v) is 15.3. The summed E-state index contributed by atoms with van der Waals surface area (Å²) in [6, 6.07) is 11.9. The number of amides is 7. The van der Waals surface area contributed by atoms with Crippen molar-refractivity contribution in [2.24, 2.45) is 5.92 Å². The molecule has 15 heteroatoms. The number of nitrogens with zero attached hydrogens (tertiary/aromatic N) is 2. The molecule has 0 radical (unpaired) electrons. The number of hydrogen-bond acceptors (Lipinski definition) is 9. The van der Waals surface area contributed by atoms with Crippen LogP contribution in [0.25, 0.3) is 0 Å². The number of ketones is 2. The van der Waals surface area contributed by atoms with Crippen molar-refractivity contribution in [3.63, 3.8) is 0 Å². The minimum atomic E-state index is -1.41. The molecule has 1 saturated heterocycles. The lowest BCUT2D eigenvalue weighted by Crippen LogP contribution is -2.59. The molecule has 2 fully saturated rings. The molecule has 1 aliphatic heterocycles. The molecule has 316 valence electrons. The van der Waals surface area contributed by atoms with E-state index in [0.717, 1.165) is 29.7 Å². The van der Waals surface area contributed by atoms with Crippen LogP contribution in [0.1, 0.15) is 111 Å². The normalized spacial score (nSPS) is 17.1. The third kappa shape index (κ3) is 13.5. The fourth-order valence-corrected chi connectivity index (χ4v) is 6.98. The van der Waals surface area contributed by atoms with Crippen LogP contribution in [0.2, 0.25) is 0 Å². The summed E-state index contributed by atoms with van der Waals surface area (Å²) in [4.78, 5) is 109. The van der Waals surface area contributed by atoms with Crippen molar-refractivity contribution in [2.45, 2.75) is 130 Å². The van der Waals surface area contributed by atoms with E-state index in [-0.39, 0.29) is 31.2 Å². The topological polar surface area (TPSA) is 200 Å². The number of ether oxygens (including phenoxy) is 1. The minimum Gasteiger partial charge on any atom is -0.444 e. The summed E-state index contributed by atoms with van der Waals surface area (Å²) in [7, 11) is 0. The van der Waals surface area contributed by atoms with Gasteiger partial charge in [-0.15, -0.1) is 0 Å². The molecule has 0 aromatic heterocycles. The van der Waals surface area contributed by atoms with E-state index >= 15 is 0 Å². The Morgan fingerprint density at radius 2 is 1.45 bits per heavy atom. The van der Waals surface area contributed by atoms with Gasteiger partial charge in [-0.3, -0.25) is 28.8 Å². The Bertz CT molecular complexity index is 1740. The molecular formula is C43H60N6O9. The molecule has 2 aromatic rings. The molecular weight excluding hydrogens is 745 g/mol. The van der Waals surface area contributed by atoms with E-state index < -0.39 is 77.8 Å². The van der Waals surface area contributed by atoms with Crippen LogP contribution in [0.5, 0.6) is 0 Å². The first-order valence-electron chi connectivity index (χ1n) is 20.2. The molecule has 4 atom stereocenters. The van der Waals surface area contributed by atoms with Crippen LogP contribution in [0.3, 0.4) is 0 Å². The Morgan fingerprint density at radius 1 is 0.845 bits per heavy atom. The van der Waals surface area contributed by atoms with Crippen molar-refractivity contribution in [3.05, 3.63) is 71.8 Å². The van der Waals surface area contributed by atoms with Gasteiger partial charge in [-0.05, 0) is 64.0 Å². The van der Waals surface area contributed by atoms with Crippen molar-refractivity contribution >= 4 is 47.3 Å². The van der Waals surface area contributed by atoms with Crippen LogP contribution < -0.4 is 21.3 Å². The molecule has 1 aliphatic carbocycles. The number of alkyl carbamates (subject to hydrolysis) is 1. The van der Waals surface area contributed by atoms with Crippen LogP contribution in [-0.4, -0.2) is 93.9 Å². The van der Waals surface area contributed by atoms with E-state index in [1.807, 2.05) is 19.9 Å². The first-order chi connectivity index (χ1) is 27.6. The van der Waals surface area contributed by atoms with Crippen molar-refractivity contribution in [3.8, 4) is 0 Å². The first kappa shape index (κ1) is 46.8. The van der Waals surface area contributed by atoms with Crippen LogP contribution in [0.4, 0.5) is 9.59 Å². The predicted octanol–water partition coefficient (Wildman–Crippen LogP) is 4.74. The largest absolute Gasteiger partial charge is 0.444 e. The Morgan fingerprint density at radius 3 is 2.02 bits per heavy atom. The van der Waals surface area contributed by atoms with Gasteiger partial charge in [-0.1, -0.05) is 107 Å². The molecule has 0 bridgehead atoms. The Labute approximate surface area is 341 Å². The van der Waals surface area contributed by atoms with E-state index in [1.165, 1.54) is 11.8 Å². The Hall–Kier alpha value is -5.60. The molecule has 2 aliphatic rings. The third-order valence-corrected chi connectivity index (χ3v) is 9.69. The lowest BCUT2D eigenvalue weighted by molar-refractivity contribution is -0.142. The minimum absolute atomic E-state index is 0.0395. The Kier molecular flexibility index (Phi) is 18.0. The quantitative estimate of drug-likeness (QED) is 0.173. The summed E-state index contributed by atoms with van der Waals surface area (Å²) in [5.74, 6) is -5.15. The van der Waals surface area contributed by atoms with Gasteiger partial charge in [0.25, 0.3) is 11.8 Å². The molecule has 0 spiro atoms. The number of rotatable bonds is 16. The number of imide groups is 1. The highest BCUT2D eigenvalue weighted by molar-refractivity contribution is 6.38. The van der Waals surface area contributed by atoms with Crippen molar-refractivity contribution in [1.82, 2.24) is 31.1 Å². The van der Waals surface area contributed by atoms with Gasteiger partial charge in [-0.25, -0.2) is 14.5 Å². The van der Waals surface area contributed by atoms with Crippen molar-refractivity contribution in [1.29, 1.82) is 0 Å². The number of benzene rings is 2. The van der Waals surface area contributed by atoms with Crippen LogP contribution in [0, 0.1) is 5.92 Å². The van der Waals surface area contributed by atoms with E-state index in [9.17, 15) is 38.4 Å². The van der Waals surface area contributed by atoms with Gasteiger partial charge in [-0.2, -0.15) is 0 Å². The van der Waals surface area contributed by atoms with Gasteiger partial charge < -0.3 is 30.9 Å². The fraction of sp³-hybridized carbons (Fsp3) is 0.535. The smallest absolute Gasteiger partial charge is 0.408 e. The van der Waals surface area contributed by atoms with E-state index in [4.69, 9.17) is 4.74 Å². The number of hydrogen-bond donors (Lipinski definition) is 4. The summed E-state index contributed by atoms with van der Waals surface area (Å²) >= 11 is 0. The number of carbonyl (C=O) groups is 8. The van der Waals surface area contributed by atoms with Crippen molar-refractivity contribution in [2.75, 3.05) is 13.1 Å². The second kappa shape index (κ2) is 22.4. The SMILES string of the molecule is CC.CCCC(NC(=O)C1CN(Cc2ccccc2)C(=O)N1C(=O)C(NC(=O)OC(C)(C)C)C1CCCCC1)C(=O)C(=O)NCC(=O)N[C@H](C(C)=O)c1ccccc1. The lowest BCUT2D eigenvalue weighted by Gasteiger charge is -2.34. The number of nitrogens with one attached hydrogen (secondary N) is 4. The molecule has 7 amide bonds. The van der Waals surface area contributed by atoms with Gasteiger partial charge in [0.05, 0.1) is 19.1 Å². The highest BCUT2D eigenvalue weighted by Crippen LogP contribution is 2.30. The maximum Gasteiger partial charge on any atom is 0.408 e. The molecule has 4 N–H and O–H groups in total. The molecule has 58 heavy (non-hydrogen) atoms. The molecule has 4 rings (SSSR count).